The second-order valence-electron chi connectivity index (χ2n) is 4.06. The second kappa shape index (κ2) is 5.40. The highest BCUT2D eigenvalue weighted by atomic mass is 32.1. The van der Waals surface area contributed by atoms with Crippen molar-refractivity contribution in [3.05, 3.63) is 35.5 Å². The van der Waals surface area contributed by atoms with Gasteiger partial charge in [0.25, 0.3) is 0 Å². The van der Waals surface area contributed by atoms with Crippen molar-refractivity contribution in [1.82, 2.24) is 4.98 Å². The Bertz CT molecular complexity index is 608. The highest BCUT2D eigenvalue weighted by Gasteiger charge is 2.10. The Hall–Kier alpha value is -1.55. The van der Waals surface area contributed by atoms with E-state index in [9.17, 15) is 5.11 Å². The Labute approximate surface area is 112 Å². The minimum atomic E-state index is 0.201. The number of pyridine rings is 1. The molecule has 0 saturated carbocycles. The van der Waals surface area contributed by atoms with Crippen LogP contribution in [0.3, 0.4) is 0 Å². The van der Waals surface area contributed by atoms with Crippen molar-refractivity contribution in [3.63, 3.8) is 0 Å². The number of phenolic OH excluding ortho intramolecular Hbond substituents is 1. The smallest absolute Gasteiger partial charge is 0.141 e. The van der Waals surface area contributed by atoms with Crippen LogP contribution in [0.4, 0.5) is 0 Å². The van der Waals surface area contributed by atoms with E-state index in [1.165, 1.54) is 0 Å². The van der Waals surface area contributed by atoms with E-state index in [0.717, 1.165) is 28.9 Å². The number of nitrogens with zero attached hydrogens (tertiary/aromatic N) is 2. The lowest BCUT2D eigenvalue weighted by Gasteiger charge is -2.09. The molecule has 0 amide bonds. The van der Waals surface area contributed by atoms with Crippen LogP contribution in [-0.4, -0.2) is 28.1 Å². The second-order valence-corrected chi connectivity index (χ2v) is 4.38. The third-order valence-electron chi connectivity index (χ3n) is 2.78. The lowest BCUT2D eigenvalue weighted by Crippen LogP contribution is -2.05. The predicted molar refractivity (Wildman–Crippen MR) is 79.1 cm³/mol. The Morgan fingerprint density at radius 1 is 1.33 bits per heavy atom. The number of phenols is 1. The summed E-state index contributed by atoms with van der Waals surface area (Å²) in [6.45, 7) is 4.62. The third-order valence-corrected chi connectivity index (χ3v) is 3.08. The van der Waals surface area contributed by atoms with Crippen molar-refractivity contribution >= 4 is 29.2 Å². The first-order valence-corrected chi connectivity index (χ1v) is 6.54. The van der Waals surface area contributed by atoms with Gasteiger partial charge in [-0.05, 0) is 32.0 Å². The number of aliphatic imine (C=N–C) groups is 1. The molecular weight excluding hydrogens is 244 g/mol. The maximum absolute atomic E-state index is 9.88. The molecule has 3 nitrogen and oxygen atoms in total. The maximum atomic E-state index is 9.88. The van der Waals surface area contributed by atoms with Crippen LogP contribution in [0, 0.1) is 6.92 Å². The monoisotopic (exact) mass is 260 g/mol. The van der Waals surface area contributed by atoms with Crippen molar-refractivity contribution in [2.45, 2.75) is 13.8 Å². The molecule has 0 unspecified atom stereocenters. The van der Waals surface area contributed by atoms with E-state index in [0.29, 0.717) is 11.3 Å². The van der Waals surface area contributed by atoms with Gasteiger partial charge in [0.2, 0.25) is 0 Å². The van der Waals surface area contributed by atoms with E-state index >= 15 is 0 Å². The molecule has 2 aromatic rings. The first-order valence-electron chi connectivity index (χ1n) is 5.91. The fourth-order valence-corrected chi connectivity index (χ4v) is 2.23. The summed E-state index contributed by atoms with van der Waals surface area (Å²) >= 11 is 4.32. The molecule has 2 rings (SSSR count). The Balaban J connectivity index is 2.73. The average molecular weight is 260 g/mol. The summed E-state index contributed by atoms with van der Waals surface area (Å²) in [6, 6.07) is 7.45. The van der Waals surface area contributed by atoms with Crippen LogP contribution in [0.5, 0.6) is 5.75 Å². The summed E-state index contributed by atoms with van der Waals surface area (Å²) in [7, 11) is 0. The molecule has 1 heterocycles. The van der Waals surface area contributed by atoms with Crippen LogP contribution >= 0.6 is 12.6 Å². The van der Waals surface area contributed by atoms with Crippen molar-refractivity contribution < 1.29 is 5.11 Å². The van der Waals surface area contributed by atoms with Gasteiger partial charge < -0.3 is 5.11 Å². The lowest BCUT2D eigenvalue weighted by molar-refractivity contribution is 0.480. The van der Waals surface area contributed by atoms with E-state index in [-0.39, 0.29) is 5.75 Å². The molecule has 0 fully saturated rings. The SMILES string of the molecule is CC/N=C(\CS)c1ccc(O)c2nc(C)ccc12. The molecule has 94 valence electrons. The number of rotatable bonds is 3. The van der Waals surface area contributed by atoms with Crippen molar-refractivity contribution in [2.24, 2.45) is 4.99 Å². The van der Waals surface area contributed by atoms with E-state index in [2.05, 4.69) is 22.6 Å². The van der Waals surface area contributed by atoms with Crippen LogP contribution in [0.25, 0.3) is 10.9 Å². The van der Waals surface area contributed by atoms with Gasteiger partial charge in [-0.15, -0.1) is 0 Å². The van der Waals surface area contributed by atoms with Gasteiger partial charge in [-0.2, -0.15) is 12.6 Å². The molecule has 0 radical (unpaired) electrons. The Morgan fingerprint density at radius 3 is 2.78 bits per heavy atom. The van der Waals surface area contributed by atoms with Gasteiger partial charge in [0.05, 0.1) is 5.71 Å². The fraction of sp³-hybridized carbons (Fsp3) is 0.286. The maximum Gasteiger partial charge on any atom is 0.141 e. The molecule has 0 aliphatic heterocycles. The number of hydrogen-bond donors (Lipinski definition) is 2. The fourth-order valence-electron chi connectivity index (χ4n) is 1.96. The highest BCUT2D eigenvalue weighted by Crippen LogP contribution is 2.27. The zero-order valence-electron chi connectivity index (χ0n) is 10.5. The summed E-state index contributed by atoms with van der Waals surface area (Å²) in [5.74, 6) is 0.772. The molecule has 18 heavy (non-hydrogen) atoms. The molecule has 4 heteroatoms. The zero-order valence-corrected chi connectivity index (χ0v) is 11.4. The van der Waals surface area contributed by atoms with Gasteiger partial charge in [-0.1, -0.05) is 6.07 Å². The van der Waals surface area contributed by atoms with Crippen molar-refractivity contribution in [1.29, 1.82) is 0 Å². The zero-order chi connectivity index (χ0) is 13.1. The number of thiol groups is 1. The van der Waals surface area contributed by atoms with E-state index < -0.39 is 0 Å². The standard InChI is InChI=1S/C14H16N2OS/c1-3-15-12(8-18)10-6-7-13(17)14-11(10)5-4-9(2)16-14/h4-7,17-18H,3,8H2,1-2H3/b15-12+. The molecule has 0 aliphatic carbocycles. The van der Waals surface area contributed by atoms with Gasteiger partial charge in [-0.3, -0.25) is 4.99 Å². The Kier molecular flexibility index (Phi) is 3.87. The van der Waals surface area contributed by atoms with Crippen LogP contribution in [0.15, 0.2) is 29.3 Å². The number of fused-ring (bicyclic) bond motifs is 1. The summed E-state index contributed by atoms with van der Waals surface area (Å²) in [5, 5.41) is 10.8. The largest absolute Gasteiger partial charge is 0.506 e. The normalized spacial score (nSPS) is 12.1. The van der Waals surface area contributed by atoms with E-state index in [1.807, 2.05) is 32.0 Å². The molecule has 0 aliphatic rings. The minimum Gasteiger partial charge on any atom is -0.506 e. The molecule has 0 saturated heterocycles. The molecular formula is C14H16N2OS. The Morgan fingerprint density at radius 2 is 2.11 bits per heavy atom. The van der Waals surface area contributed by atoms with E-state index in [1.54, 1.807) is 6.07 Å². The third kappa shape index (κ3) is 2.34. The van der Waals surface area contributed by atoms with Gasteiger partial charge in [0.15, 0.2) is 0 Å². The lowest BCUT2D eigenvalue weighted by atomic mass is 10.0. The average Bonchev–Trinajstić information content (AvgIpc) is 2.37. The quantitative estimate of drug-likeness (QED) is 0.658. The molecule has 1 aromatic heterocycles. The highest BCUT2D eigenvalue weighted by molar-refractivity contribution is 7.81. The topological polar surface area (TPSA) is 45.5 Å². The molecule has 0 atom stereocenters. The van der Waals surface area contributed by atoms with Gasteiger partial charge in [0.1, 0.15) is 11.3 Å². The number of aryl methyl sites for hydroxylation is 1. The van der Waals surface area contributed by atoms with Crippen LogP contribution in [-0.2, 0) is 0 Å². The molecule has 1 aromatic carbocycles. The van der Waals surface area contributed by atoms with E-state index in [4.69, 9.17) is 0 Å². The summed E-state index contributed by atoms with van der Waals surface area (Å²) in [5.41, 5.74) is 3.43. The summed E-state index contributed by atoms with van der Waals surface area (Å²) in [4.78, 5) is 8.83. The van der Waals surface area contributed by atoms with Gasteiger partial charge in [0, 0.05) is 28.9 Å². The number of aromatic hydroxyl groups is 1. The molecule has 1 N–H and O–H groups in total. The van der Waals surface area contributed by atoms with Gasteiger partial charge >= 0.3 is 0 Å². The first kappa shape index (κ1) is 12.9. The van der Waals surface area contributed by atoms with Crippen LogP contribution in [0.1, 0.15) is 18.2 Å². The van der Waals surface area contributed by atoms with Crippen LogP contribution in [0.2, 0.25) is 0 Å². The summed E-state index contributed by atoms with van der Waals surface area (Å²) < 4.78 is 0. The van der Waals surface area contributed by atoms with Crippen molar-refractivity contribution in [3.8, 4) is 5.75 Å². The number of benzene rings is 1. The number of hydrogen-bond acceptors (Lipinski definition) is 4. The van der Waals surface area contributed by atoms with Crippen LogP contribution < -0.4 is 0 Å². The summed E-state index contributed by atoms with van der Waals surface area (Å²) in [6.07, 6.45) is 0. The minimum absolute atomic E-state index is 0.201. The van der Waals surface area contributed by atoms with Crippen molar-refractivity contribution in [2.75, 3.05) is 12.3 Å². The van der Waals surface area contributed by atoms with Gasteiger partial charge in [-0.25, -0.2) is 4.98 Å². The first-order chi connectivity index (χ1) is 8.67. The molecule has 0 spiro atoms. The number of aromatic nitrogens is 1. The predicted octanol–water partition coefficient (Wildman–Crippen LogP) is 2.99. The molecule has 0 bridgehead atoms.